The minimum Gasteiger partial charge on any atom is -0.330 e. The van der Waals surface area contributed by atoms with Gasteiger partial charge in [-0.05, 0) is 13.0 Å². The van der Waals surface area contributed by atoms with Crippen molar-refractivity contribution >= 4 is 19.3 Å². The molecule has 0 aromatic heterocycles. The molecule has 1 unspecified atom stereocenters. The maximum Gasteiger partial charge on any atom is 0.373 e. The van der Waals surface area contributed by atoms with Crippen LogP contribution in [0.3, 0.4) is 0 Å². The molecule has 0 heterocycles. The van der Waals surface area contributed by atoms with Gasteiger partial charge in [0.05, 0.1) is 6.61 Å². The quantitative estimate of drug-likeness (QED) is 0.331. The van der Waals surface area contributed by atoms with Gasteiger partial charge in [-0.1, -0.05) is 0 Å². The highest BCUT2D eigenvalue weighted by Gasteiger charge is 2.16. The average Bonchev–Trinajstić information content (AvgIpc) is 1.86. The SMILES string of the molecule is NCCCOS(=O)S(=O)(=O)O. The van der Waals surface area contributed by atoms with Crippen molar-refractivity contribution in [3.05, 3.63) is 0 Å². The third-order valence-corrected chi connectivity index (χ3v) is 2.72. The Balaban J connectivity index is 3.72. The largest absolute Gasteiger partial charge is 0.373 e. The Hall–Kier alpha value is -0.0200. The molecule has 0 aliphatic rings. The van der Waals surface area contributed by atoms with E-state index in [1.54, 1.807) is 0 Å². The van der Waals surface area contributed by atoms with Crippen molar-refractivity contribution in [2.24, 2.45) is 5.73 Å². The van der Waals surface area contributed by atoms with Gasteiger partial charge in [-0.3, -0.25) is 8.74 Å². The molecule has 0 fully saturated rings. The monoisotopic (exact) mass is 203 g/mol. The normalized spacial score (nSPS) is 14.7. The van der Waals surface area contributed by atoms with E-state index in [0.717, 1.165) is 0 Å². The Kier molecular flexibility index (Phi) is 4.77. The summed E-state index contributed by atoms with van der Waals surface area (Å²) in [5, 5.41) is 0. The van der Waals surface area contributed by atoms with Crippen molar-refractivity contribution in [2.75, 3.05) is 13.2 Å². The summed E-state index contributed by atoms with van der Waals surface area (Å²) in [5.41, 5.74) is 5.03. The molecular formula is C3H9NO5S2. The van der Waals surface area contributed by atoms with E-state index >= 15 is 0 Å². The molecule has 0 aromatic carbocycles. The molecule has 0 saturated heterocycles. The van der Waals surface area contributed by atoms with Gasteiger partial charge in [0.1, 0.15) is 0 Å². The van der Waals surface area contributed by atoms with Crippen LogP contribution >= 0.6 is 0 Å². The minimum absolute atomic E-state index is 0.0527. The van der Waals surface area contributed by atoms with E-state index in [4.69, 9.17) is 10.3 Å². The maximum absolute atomic E-state index is 10.3. The van der Waals surface area contributed by atoms with Gasteiger partial charge in [0.25, 0.3) is 0 Å². The van der Waals surface area contributed by atoms with Crippen molar-refractivity contribution in [3.8, 4) is 0 Å². The van der Waals surface area contributed by atoms with Gasteiger partial charge in [-0.25, -0.2) is 4.21 Å². The van der Waals surface area contributed by atoms with E-state index in [1.807, 2.05) is 0 Å². The summed E-state index contributed by atoms with van der Waals surface area (Å²) >= 11 is 0. The fourth-order valence-corrected chi connectivity index (χ4v) is 1.22. The molecule has 1 atom stereocenters. The van der Waals surface area contributed by atoms with Crippen molar-refractivity contribution in [3.63, 3.8) is 0 Å². The predicted octanol–water partition coefficient (Wildman–Crippen LogP) is -1.18. The Labute approximate surface area is 66.5 Å². The van der Waals surface area contributed by atoms with Crippen LogP contribution in [-0.2, 0) is 23.4 Å². The molecule has 6 nitrogen and oxygen atoms in total. The van der Waals surface area contributed by atoms with E-state index in [0.29, 0.717) is 13.0 Å². The second-order valence-corrected chi connectivity index (χ2v) is 5.18. The summed E-state index contributed by atoms with van der Waals surface area (Å²) in [6.07, 6.45) is 0.390. The van der Waals surface area contributed by atoms with E-state index in [1.165, 1.54) is 0 Å². The summed E-state index contributed by atoms with van der Waals surface area (Å²) in [4.78, 5) is 0. The van der Waals surface area contributed by atoms with E-state index < -0.39 is 19.3 Å². The molecule has 3 N–H and O–H groups in total. The average molecular weight is 203 g/mol. The molecule has 8 heteroatoms. The lowest BCUT2D eigenvalue weighted by Gasteiger charge is -1.97. The summed E-state index contributed by atoms with van der Waals surface area (Å²) < 4.78 is 42.7. The molecule has 0 bridgehead atoms. The van der Waals surface area contributed by atoms with E-state index in [9.17, 15) is 12.6 Å². The zero-order valence-corrected chi connectivity index (χ0v) is 7.23. The van der Waals surface area contributed by atoms with Gasteiger partial charge in [0, 0.05) is 0 Å². The van der Waals surface area contributed by atoms with Crippen molar-refractivity contribution in [1.29, 1.82) is 0 Å². The highest BCUT2D eigenvalue weighted by molar-refractivity contribution is 8.59. The second kappa shape index (κ2) is 4.78. The highest BCUT2D eigenvalue weighted by Crippen LogP contribution is 1.95. The van der Waals surface area contributed by atoms with E-state index in [-0.39, 0.29) is 6.61 Å². The van der Waals surface area contributed by atoms with Crippen LogP contribution in [0.2, 0.25) is 0 Å². The van der Waals surface area contributed by atoms with Gasteiger partial charge in [-0.2, -0.15) is 8.42 Å². The first-order valence-electron chi connectivity index (χ1n) is 2.71. The summed E-state index contributed by atoms with van der Waals surface area (Å²) in [6, 6.07) is 0. The number of rotatable bonds is 5. The van der Waals surface area contributed by atoms with Crippen LogP contribution in [0.15, 0.2) is 0 Å². The van der Waals surface area contributed by atoms with Crippen LogP contribution < -0.4 is 5.73 Å². The molecule has 0 spiro atoms. The molecule has 0 aliphatic heterocycles. The fraction of sp³-hybridized carbons (Fsp3) is 1.00. The topological polar surface area (TPSA) is 107 Å². The van der Waals surface area contributed by atoms with Crippen LogP contribution in [0.5, 0.6) is 0 Å². The van der Waals surface area contributed by atoms with Crippen LogP contribution in [0.25, 0.3) is 0 Å². The highest BCUT2D eigenvalue weighted by atomic mass is 33.2. The van der Waals surface area contributed by atoms with Gasteiger partial charge in [0.15, 0.2) is 0 Å². The van der Waals surface area contributed by atoms with E-state index in [2.05, 4.69) is 4.18 Å². The Morgan fingerprint density at radius 3 is 2.45 bits per heavy atom. The van der Waals surface area contributed by atoms with Crippen molar-refractivity contribution in [2.45, 2.75) is 6.42 Å². The predicted molar refractivity (Wildman–Crippen MR) is 39.3 cm³/mol. The molecule has 68 valence electrons. The van der Waals surface area contributed by atoms with Gasteiger partial charge in [-0.15, -0.1) is 0 Å². The molecule has 0 rings (SSSR count). The van der Waals surface area contributed by atoms with Gasteiger partial charge in [0.2, 0.25) is 0 Å². The number of nitrogens with two attached hydrogens (primary N) is 1. The minimum atomic E-state index is -4.57. The summed E-state index contributed by atoms with van der Waals surface area (Å²) in [7, 11) is -7.24. The molecule has 0 aromatic rings. The number of hydrogen-bond acceptors (Lipinski definition) is 5. The molecule has 0 amide bonds. The summed E-state index contributed by atoms with van der Waals surface area (Å²) in [6.45, 7) is 0.256. The standard InChI is InChI=1S/C3H9NO5S2/c4-2-1-3-9-10(5)11(6,7)8/h1-4H2,(H,6,7,8). The van der Waals surface area contributed by atoms with Gasteiger partial charge < -0.3 is 5.73 Å². The third-order valence-electron chi connectivity index (χ3n) is 0.700. The third kappa shape index (κ3) is 5.27. The zero-order chi connectivity index (χ0) is 8.91. The first-order chi connectivity index (χ1) is 4.98. The first kappa shape index (κ1) is 11.0. The molecular weight excluding hydrogens is 194 g/mol. The van der Waals surface area contributed by atoms with Crippen LogP contribution in [0.1, 0.15) is 6.42 Å². The maximum atomic E-state index is 10.3. The lowest BCUT2D eigenvalue weighted by molar-refractivity contribution is 0.346. The lowest BCUT2D eigenvalue weighted by Crippen LogP contribution is -2.12. The summed E-state index contributed by atoms with van der Waals surface area (Å²) in [5.74, 6) is 0. The second-order valence-electron chi connectivity index (χ2n) is 1.60. The Morgan fingerprint density at radius 2 is 2.09 bits per heavy atom. The zero-order valence-electron chi connectivity index (χ0n) is 5.60. The Bertz CT molecular complexity index is 222. The Morgan fingerprint density at radius 1 is 1.55 bits per heavy atom. The smallest absolute Gasteiger partial charge is 0.330 e. The molecule has 11 heavy (non-hydrogen) atoms. The molecule has 0 saturated carbocycles. The van der Waals surface area contributed by atoms with Gasteiger partial charge >= 0.3 is 19.3 Å². The fourth-order valence-electron chi connectivity index (χ4n) is 0.271. The molecule has 0 aliphatic carbocycles. The van der Waals surface area contributed by atoms with Crippen LogP contribution in [-0.4, -0.2) is 30.3 Å². The van der Waals surface area contributed by atoms with Crippen LogP contribution in [0.4, 0.5) is 0 Å². The lowest BCUT2D eigenvalue weighted by atomic mass is 10.5. The first-order valence-corrected chi connectivity index (χ1v) is 5.74. The van der Waals surface area contributed by atoms with Crippen LogP contribution in [0, 0.1) is 0 Å². The molecule has 0 radical (unpaired) electrons. The number of hydrogen-bond donors (Lipinski definition) is 2. The van der Waals surface area contributed by atoms with Crippen molar-refractivity contribution in [1.82, 2.24) is 0 Å². The van der Waals surface area contributed by atoms with Crippen molar-refractivity contribution < 1.29 is 21.4 Å².